The molecule has 0 aromatic heterocycles. The third-order valence-corrected chi connectivity index (χ3v) is 1.85. The summed E-state index contributed by atoms with van der Waals surface area (Å²) in [5.41, 5.74) is 0. The van der Waals surface area contributed by atoms with E-state index in [2.05, 4.69) is 11.8 Å². The molecule has 0 aliphatic carbocycles. The zero-order valence-corrected chi connectivity index (χ0v) is 8.37. The first kappa shape index (κ1) is 12.8. The number of ether oxygens (including phenoxy) is 1. The van der Waals surface area contributed by atoms with E-state index < -0.39 is 0 Å². The second-order valence-corrected chi connectivity index (χ2v) is 2.83. The van der Waals surface area contributed by atoms with E-state index in [-0.39, 0.29) is 13.2 Å². The highest BCUT2D eigenvalue weighted by Crippen LogP contribution is 1.91. The van der Waals surface area contributed by atoms with E-state index in [1.165, 1.54) is 0 Å². The normalized spacial score (nSPS) is 11.1. The summed E-state index contributed by atoms with van der Waals surface area (Å²) in [4.78, 5) is 2.15. The summed E-state index contributed by atoms with van der Waals surface area (Å²) in [6, 6.07) is 0. The summed E-state index contributed by atoms with van der Waals surface area (Å²) in [5, 5.41) is 18.7. The second kappa shape index (κ2) is 9.92. The van der Waals surface area contributed by atoms with Crippen LogP contribution in [-0.4, -0.2) is 56.1 Å². The molecule has 0 saturated carbocycles. The Labute approximate surface area is 80.1 Å². The molecule has 4 nitrogen and oxygen atoms in total. The van der Waals surface area contributed by atoms with Crippen LogP contribution in [0.5, 0.6) is 0 Å². The molecule has 0 aliphatic heterocycles. The molecule has 0 amide bonds. The standard InChI is InChI=1S/C9H20NO3/c1-2-10(5-6-11)4-3-8-13-9-7-12/h11H,2-9H2,1H3. The lowest BCUT2D eigenvalue weighted by Gasteiger charge is -2.18. The Hall–Kier alpha value is -0.160. The topological polar surface area (TPSA) is 52.6 Å². The average molecular weight is 190 g/mol. The molecule has 1 N–H and O–H groups in total. The average Bonchev–Trinajstić information content (AvgIpc) is 2.16. The van der Waals surface area contributed by atoms with Gasteiger partial charge < -0.3 is 14.7 Å². The van der Waals surface area contributed by atoms with Crippen molar-refractivity contribution in [1.82, 2.24) is 4.90 Å². The molecular weight excluding hydrogens is 170 g/mol. The highest BCUT2D eigenvalue weighted by atomic mass is 16.5. The Balaban J connectivity index is 3.17. The summed E-state index contributed by atoms with van der Waals surface area (Å²) < 4.78 is 5.05. The van der Waals surface area contributed by atoms with Crippen LogP contribution in [0.15, 0.2) is 0 Å². The molecule has 0 aromatic carbocycles. The van der Waals surface area contributed by atoms with Crippen LogP contribution < -0.4 is 0 Å². The monoisotopic (exact) mass is 190 g/mol. The first-order chi connectivity index (χ1) is 6.35. The van der Waals surface area contributed by atoms with Gasteiger partial charge in [0.2, 0.25) is 0 Å². The minimum Gasteiger partial charge on any atom is -0.395 e. The van der Waals surface area contributed by atoms with Crippen molar-refractivity contribution < 1.29 is 14.9 Å². The second-order valence-electron chi connectivity index (χ2n) is 2.83. The quantitative estimate of drug-likeness (QED) is 0.526. The van der Waals surface area contributed by atoms with Crippen molar-refractivity contribution in [2.24, 2.45) is 0 Å². The highest BCUT2D eigenvalue weighted by Gasteiger charge is 1.99. The maximum atomic E-state index is 10.0. The van der Waals surface area contributed by atoms with Crippen LogP contribution in [0, 0.1) is 0 Å². The van der Waals surface area contributed by atoms with E-state index in [9.17, 15) is 5.11 Å². The predicted molar refractivity (Wildman–Crippen MR) is 50.2 cm³/mol. The number of likely N-dealkylation sites (N-methyl/N-ethyl adjacent to an activating group) is 1. The van der Waals surface area contributed by atoms with E-state index in [0.717, 1.165) is 26.1 Å². The molecule has 13 heavy (non-hydrogen) atoms. The van der Waals surface area contributed by atoms with E-state index in [1.807, 2.05) is 0 Å². The van der Waals surface area contributed by atoms with Gasteiger partial charge in [0.05, 0.1) is 13.2 Å². The molecule has 0 bridgehead atoms. The van der Waals surface area contributed by atoms with Gasteiger partial charge in [-0.05, 0) is 13.0 Å². The van der Waals surface area contributed by atoms with Gasteiger partial charge >= 0.3 is 0 Å². The van der Waals surface area contributed by atoms with Crippen LogP contribution in [-0.2, 0) is 9.84 Å². The van der Waals surface area contributed by atoms with Gasteiger partial charge in [0.25, 0.3) is 0 Å². The highest BCUT2D eigenvalue weighted by molar-refractivity contribution is 4.53. The van der Waals surface area contributed by atoms with Gasteiger partial charge in [-0.3, -0.25) is 0 Å². The van der Waals surface area contributed by atoms with Gasteiger partial charge in [0, 0.05) is 19.7 Å². The fourth-order valence-corrected chi connectivity index (χ4v) is 1.12. The molecule has 0 spiro atoms. The zero-order valence-electron chi connectivity index (χ0n) is 8.37. The van der Waals surface area contributed by atoms with Gasteiger partial charge in [-0.2, -0.15) is 0 Å². The molecule has 0 fully saturated rings. The van der Waals surface area contributed by atoms with Crippen molar-refractivity contribution in [3.63, 3.8) is 0 Å². The van der Waals surface area contributed by atoms with Crippen LogP contribution in [0.1, 0.15) is 13.3 Å². The number of hydrogen-bond acceptors (Lipinski definition) is 3. The Morgan fingerprint density at radius 3 is 2.62 bits per heavy atom. The first-order valence-corrected chi connectivity index (χ1v) is 4.84. The lowest BCUT2D eigenvalue weighted by Crippen LogP contribution is -2.28. The zero-order chi connectivity index (χ0) is 9.94. The maximum Gasteiger partial charge on any atom is 0.106 e. The summed E-state index contributed by atoms with van der Waals surface area (Å²) in [6.45, 7) is 5.66. The van der Waals surface area contributed by atoms with Crippen LogP contribution in [0.25, 0.3) is 0 Å². The molecular formula is C9H20NO3. The number of hydrogen-bond donors (Lipinski definition) is 1. The molecule has 79 valence electrons. The van der Waals surface area contributed by atoms with Crippen molar-refractivity contribution in [2.45, 2.75) is 13.3 Å². The summed E-state index contributed by atoms with van der Waals surface area (Å²) in [7, 11) is 0. The van der Waals surface area contributed by atoms with Crippen molar-refractivity contribution >= 4 is 0 Å². The fourth-order valence-electron chi connectivity index (χ4n) is 1.12. The van der Waals surface area contributed by atoms with E-state index in [0.29, 0.717) is 13.2 Å². The molecule has 4 heteroatoms. The molecule has 0 atom stereocenters. The van der Waals surface area contributed by atoms with Crippen LogP contribution in [0.4, 0.5) is 0 Å². The lowest BCUT2D eigenvalue weighted by atomic mass is 10.4. The van der Waals surface area contributed by atoms with Crippen molar-refractivity contribution in [1.29, 1.82) is 0 Å². The third-order valence-electron chi connectivity index (χ3n) is 1.85. The van der Waals surface area contributed by atoms with Gasteiger partial charge in [0.1, 0.15) is 6.61 Å². The number of aliphatic hydroxyl groups is 1. The van der Waals surface area contributed by atoms with E-state index >= 15 is 0 Å². The minimum absolute atomic E-state index is 0.159. The van der Waals surface area contributed by atoms with Crippen molar-refractivity contribution in [3.8, 4) is 0 Å². The number of nitrogens with zero attached hydrogens (tertiary/aromatic N) is 1. The van der Waals surface area contributed by atoms with E-state index in [4.69, 9.17) is 9.84 Å². The summed E-state index contributed by atoms with van der Waals surface area (Å²) >= 11 is 0. The molecule has 0 saturated heterocycles. The molecule has 1 radical (unpaired) electrons. The molecule has 0 aromatic rings. The third kappa shape index (κ3) is 8.18. The Morgan fingerprint density at radius 2 is 2.08 bits per heavy atom. The predicted octanol–water partition coefficient (Wildman–Crippen LogP) is 0.138. The van der Waals surface area contributed by atoms with Gasteiger partial charge in [0.15, 0.2) is 0 Å². The Bertz CT molecular complexity index is 101. The molecule has 0 aliphatic rings. The van der Waals surface area contributed by atoms with Gasteiger partial charge in [-0.25, -0.2) is 5.11 Å². The summed E-state index contributed by atoms with van der Waals surface area (Å²) in [6.07, 6.45) is 0.924. The Kier molecular flexibility index (Phi) is 9.80. The molecule has 0 unspecified atom stereocenters. The van der Waals surface area contributed by atoms with Crippen molar-refractivity contribution in [3.05, 3.63) is 0 Å². The SMILES string of the molecule is CCN(CCO)CCCOCC[O]. The van der Waals surface area contributed by atoms with Crippen LogP contribution in [0.3, 0.4) is 0 Å². The molecule has 0 rings (SSSR count). The largest absolute Gasteiger partial charge is 0.395 e. The lowest BCUT2D eigenvalue weighted by molar-refractivity contribution is 0.0582. The molecule has 0 heterocycles. The van der Waals surface area contributed by atoms with E-state index in [1.54, 1.807) is 0 Å². The first-order valence-electron chi connectivity index (χ1n) is 4.84. The summed E-state index contributed by atoms with van der Waals surface area (Å²) in [5.74, 6) is 0. The van der Waals surface area contributed by atoms with Crippen LogP contribution in [0.2, 0.25) is 0 Å². The smallest absolute Gasteiger partial charge is 0.106 e. The number of aliphatic hydroxyl groups excluding tert-OH is 1. The maximum absolute atomic E-state index is 10.0. The van der Waals surface area contributed by atoms with Gasteiger partial charge in [-0.15, -0.1) is 0 Å². The van der Waals surface area contributed by atoms with Gasteiger partial charge in [-0.1, -0.05) is 6.92 Å². The van der Waals surface area contributed by atoms with Crippen molar-refractivity contribution in [2.75, 3.05) is 46.1 Å². The Morgan fingerprint density at radius 1 is 1.31 bits per heavy atom. The fraction of sp³-hybridized carbons (Fsp3) is 1.00. The number of rotatable bonds is 9. The minimum atomic E-state index is -0.159. The van der Waals surface area contributed by atoms with Crippen LogP contribution >= 0.6 is 0 Å².